The molecule has 0 saturated heterocycles. The summed E-state index contributed by atoms with van der Waals surface area (Å²) in [6.45, 7) is 1.97. The van der Waals surface area contributed by atoms with E-state index in [2.05, 4.69) is 0 Å². The summed E-state index contributed by atoms with van der Waals surface area (Å²) in [4.78, 5) is 15.0. The summed E-state index contributed by atoms with van der Waals surface area (Å²) in [6, 6.07) is 30.7. The maximum atomic E-state index is 15.4. The number of pyridine rings is 1. The molecule has 0 bridgehead atoms. The highest BCUT2D eigenvalue weighted by atomic mass is 19.1. The number of hydrogen-bond donors (Lipinski definition) is 0. The summed E-state index contributed by atoms with van der Waals surface area (Å²) >= 11 is 0. The fourth-order valence-corrected chi connectivity index (χ4v) is 6.93. The van der Waals surface area contributed by atoms with Crippen LogP contribution in [0.4, 0.5) is 25.8 Å². The summed E-state index contributed by atoms with van der Waals surface area (Å²) < 4.78 is 38.6. The van der Waals surface area contributed by atoms with Gasteiger partial charge >= 0.3 is 0 Å². The summed E-state index contributed by atoms with van der Waals surface area (Å²) in [6.07, 6.45) is 1.82. The molecule has 2 aliphatic rings. The average molecular weight is 555 g/mol. The van der Waals surface area contributed by atoms with E-state index in [9.17, 15) is 4.79 Å². The molecule has 0 N–H and O–H groups in total. The van der Waals surface area contributed by atoms with E-state index in [1.54, 1.807) is 35.9 Å². The zero-order chi connectivity index (χ0) is 28.7. The molecule has 0 saturated carbocycles. The number of benzene rings is 5. The molecule has 8 rings (SSSR count). The Hall–Kier alpha value is -5.23. The van der Waals surface area contributed by atoms with Crippen molar-refractivity contribution >= 4 is 27.8 Å². The minimum Gasteiger partial charge on any atom is -0.457 e. The van der Waals surface area contributed by atoms with Crippen LogP contribution in [-0.4, -0.2) is 4.57 Å². The number of para-hydroxylation sites is 2. The van der Waals surface area contributed by atoms with Gasteiger partial charge in [0, 0.05) is 35.4 Å². The third-order valence-electron chi connectivity index (χ3n) is 8.63. The van der Waals surface area contributed by atoms with Crippen LogP contribution in [0, 0.1) is 18.6 Å². The van der Waals surface area contributed by atoms with Gasteiger partial charge in [0.25, 0.3) is 5.56 Å². The van der Waals surface area contributed by atoms with Crippen LogP contribution in [0.5, 0.6) is 11.5 Å². The highest BCUT2D eigenvalue weighted by molar-refractivity contribution is 5.95. The molecule has 2 aliphatic heterocycles. The van der Waals surface area contributed by atoms with Gasteiger partial charge in [0.2, 0.25) is 0 Å². The predicted molar refractivity (Wildman–Crippen MR) is 160 cm³/mol. The molecule has 0 amide bonds. The molecular weight excluding hydrogens is 530 g/mol. The molecule has 5 aromatic carbocycles. The van der Waals surface area contributed by atoms with Crippen molar-refractivity contribution in [3.05, 3.63) is 159 Å². The van der Waals surface area contributed by atoms with E-state index >= 15 is 8.78 Å². The Balaban J connectivity index is 1.52. The molecule has 4 nitrogen and oxygen atoms in total. The second kappa shape index (κ2) is 8.63. The Morgan fingerprint density at radius 1 is 0.667 bits per heavy atom. The van der Waals surface area contributed by atoms with Crippen molar-refractivity contribution in [2.24, 2.45) is 7.05 Å². The lowest BCUT2D eigenvalue weighted by molar-refractivity contribution is 0.433. The number of aromatic nitrogens is 1. The van der Waals surface area contributed by atoms with Crippen molar-refractivity contribution in [2.45, 2.75) is 12.3 Å². The number of ether oxygens (including phenoxy) is 1. The van der Waals surface area contributed by atoms with E-state index in [4.69, 9.17) is 4.74 Å². The van der Waals surface area contributed by atoms with E-state index in [0.29, 0.717) is 28.0 Å². The largest absolute Gasteiger partial charge is 0.457 e. The molecule has 1 aromatic heterocycles. The normalized spacial score (nSPS) is 14.1. The topological polar surface area (TPSA) is 34.5 Å². The molecular formula is C36H24F2N2O2. The Kier molecular flexibility index (Phi) is 5.05. The lowest BCUT2D eigenvalue weighted by atomic mass is 9.61. The fraction of sp³-hybridized carbons (Fsp3) is 0.0833. The lowest BCUT2D eigenvalue weighted by Gasteiger charge is -2.48. The maximum Gasteiger partial charge on any atom is 0.258 e. The molecule has 204 valence electrons. The van der Waals surface area contributed by atoms with Gasteiger partial charge in [-0.2, -0.15) is 0 Å². The summed E-state index contributed by atoms with van der Waals surface area (Å²) in [5, 5.41) is 1.44. The van der Waals surface area contributed by atoms with Gasteiger partial charge in [-0.3, -0.25) is 4.79 Å². The number of halogens is 2. The number of rotatable bonds is 1. The van der Waals surface area contributed by atoms with Crippen molar-refractivity contribution in [3.63, 3.8) is 0 Å². The quantitative estimate of drug-likeness (QED) is 0.204. The third kappa shape index (κ3) is 3.17. The van der Waals surface area contributed by atoms with E-state index in [0.717, 1.165) is 39.1 Å². The fourth-order valence-electron chi connectivity index (χ4n) is 6.93. The summed E-state index contributed by atoms with van der Waals surface area (Å²) in [5.74, 6) is 0.471. The molecule has 0 aliphatic carbocycles. The van der Waals surface area contributed by atoms with Gasteiger partial charge in [-0.05, 0) is 95.7 Å². The van der Waals surface area contributed by atoms with Gasteiger partial charge in [-0.15, -0.1) is 0 Å². The standard InChI is InChI=1S/C36H24F2N2O2/c1-21-20-39(2)35(41)25-14-13-24(19-26(21)25)40-31-15-11-22(37)17-29(31)36(30-18-23(38)12-16-32(30)40)27-7-3-5-9-33(27)42-34-10-6-4-8-28(34)36/h3-20H,1-2H3. The van der Waals surface area contributed by atoms with E-state index in [-0.39, 0.29) is 5.56 Å². The minimum atomic E-state index is -1.06. The number of hydrogen-bond acceptors (Lipinski definition) is 3. The van der Waals surface area contributed by atoms with Gasteiger partial charge in [0.1, 0.15) is 23.1 Å². The van der Waals surface area contributed by atoms with Gasteiger partial charge in [-0.1, -0.05) is 36.4 Å². The van der Waals surface area contributed by atoms with Crippen molar-refractivity contribution in [1.82, 2.24) is 4.57 Å². The molecule has 3 heterocycles. The smallest absolute Gasteiger partial charge is 0.258 e. The van der Waals surface area contributed by atoms with Gasteiger partial charge in [-0.25, -0.2) is 8.78 Å². The van der Waals surface area contributed by atoms with E-state index in [1.807, 2.05) is 84.8 Å². The number of fused-ring (bicyclic) bond motifs is 9. The van der Waals surface area contributed by atoms with Crippen LogP contribution in [0.2, 0.25) is 0 Å². The van der Waals surface area contributed by atoms with Gasteiger partial charge < -0.3 is 14.2 Å². The molecule has 42 heavy (non-hydrogen) atoms. The van der Waals surface area contributed by atoms with Crippen LogP contribution in [0.3, 0.4) is 0 Å². The monoisotopic (exact) mass is 554 g/mol. The first-order valence-electron chi connectivity index (χ1n) is 13.7. The minimum absolute atomic E-state index is 0.0832. The molecule has 0 radical (unpaired) electrons. The molecule has 0 unspecified atom stereocenters. The van der Waals surface area contributed by atoms with Crippen molar-refractivity contribution < 1.29 is 13.5 Å². The zero-order valence-corrected chi connectivity index (χ0v) is 22.9. The predicted octanol–water partition coefficient (Wildman–Crippen LogP) is 8.40. The third-order valence-corrected chi connectivity index (χ3v) is 8.63. The highest BCUT2D eigenvalue weighted by Gasteiger charge is 2.51. The lowest BCUT2D eigenvalue weighted by Crippen LogP contribution is -2.40. The first kappa shape index (κ1) is 24.6. The van der Waals surface area contributed by atoms with Crippen LogP contribution in [0.1, 0.15) is 27.8 Å². The van der Waals surface area contributed by atoms with E-state index < -0.39 is 17.0 Å². The van der Waals surface area contributed by atoms with Crippen LogP contribution in [0.25, 0.3) is 10.8 Å². The van der Waals surface area contributed by atoms with Gasteiger partial charge in [0.15, 0.2) is 0 Å². The first-order chi connectivity index (χ1) is 20.4. The highest BCUT2D eigenvalue weighted by Crippen LogP contribution is 2.62. The maximum absolute atomic E-state index is 15.4. The summed E-state index contributed by atoms with van der Waals surface area (Å²) in [7, 11) is 1.74. The summed E-state index contributed by atoms with van der Waals surface area (Å²) in [5.41, 5.74) is 5.05. The van der Waals surface area contributed by atoms with E-state index in [1.165, 1.54) is 12.1 Å². The average Bonchev–Trinajstić information content (AvgIpc) is 3.00. The first-order valence-corrected chi connectivity index (χ1v) is 13.7. The molecule has 0 atom stereocenters. The second-order valence-electron chi connectivity index (χ2n) is 11.0. The number of aryl methyl sites for hydroxylation is 2. The Labute approximate surface area is 240 Å². The Bertz CT molecular complexity index is 2070. The van der Waals surface area contributed by atoms with Crippen molar-refractivity contribution in [1.29, 1.82) is 0 Å². The van der Waals surface area contributed by atoms with Crippen molar-refractivity contribution in [2.75, 3.05) is 4.90 Å². The van der Waals surface area contributed by atoms with Crippen LogP contribution >= 0.6 is 0 Å². The molecule has 1 spiro atoms. The van der Waals surface area contributed by atoms with Crippen LogP contribution in [0.15, 0.2) is 114 Å². The van der Waals surface area contributed by atoms with Crippen LogP contribution < -0.4 is 15.2 Å². The Morgan fingerprint density at radius 2 is 1.24 bits per heavy atom. The Morgan fingerprint density at radius 3 is 1.83 bits per heavy atom. The molecule has 6 aromatic rings. The zero-order valence-electron chi connectivity index (χ0n) is 22.9. The van der Waals surface area contributed by atoms with Gasteiger partial charge in [0.05, 0.1) is 16.8 Å². The number of anilines is 3. The van der Waals surface area contributed by atoms with Crippen LogP contribution in [-0.2, 0) is 12.5 Å². The molecule has 0 fully saturated rings. The SMILES string of the molecule is Cc1cn(C)c(=O)c2ccc(N3c4ccc(F)cc4C4(c5ccccc5Oc5ccccc54)c4cc(F)ccc43)cc12. The molecule has 6 heteroatoms. The number of nitrogens with zero attached hydrogens (tertiary/aromatic N) is 2. The van der Waals surface area contributed by atoms with Crippen molar-refractivity contribution in [3.8, 4) is 11.5 Å². The second-order valence-corrected chi connectivity index (χ2v) is 11.0.